The average molecular weight is 502 g/mol. The van der Waals surface area contributed by atoms with Crippen LogP contribution in [0.5, 0.6) is 11.5 Å². The van der Waals surface area contributed by atoms with Gasteiger partial charge < -0.3 is 24.4 Å². The lowest BCUT2D eigenvalue weighted by Crippen LogP contribution is -2.34. The number of amides is 2. The van der Waals surface area contributed by atoms with E-state index in [-0.39, 0.29) is 30.4 Å². The monoisotopic (exact) mass is 501 g/mol. The summed E-state index contributed by atoms with van der Waals surface area (Å²) in [7, 11) is 1.61. The molecule has 11 heteroatoms. The predicted octanol–water partition coefficient (Wildman–Crippen LogP) is 2.14. The molecule has 10 nitrogen and oxygen atoms in total. The van der Waals surface area contributed by atoms with E-state index in [2.05, 4.69) is 20.8 Å². The van der Waals surface area contributed by atoms with Gasteiger partial charge in [-0.2, -0.15) is 0 Å². The third-order valence-electron chi connectivity index (χ3n) is 6.76. The number of piperidine rings is 1. The molecule has 0 spiro atoms. The van der Waals surface area contributed by atoms with Crippen molar-refractivity contribution in [3.8, 4) is 11.5 Å². The van der Waals surface area contributed by atoms with Crippen molar-refractivity contribution < 1.29 is 23.8 Å². The average Bonchev–Trinajstić information content (AvgIpc) is 3.62. The Kier molecular flexibility index (Phi) is 7.45. The SMILES string of the molecule is COc1ccc(C2CC(=O)N(CC(=O)Nc3nnc(C4CCNCC4)s3)C2)cc1OC1CCOC1. The highest BCUT2D eigenvalue weighted by molar-refractivity contribution is 7.15. The Bertz CT molecular complexity index is 1050. The first kappa shape index (κ1) is 24.0. The van der Waals surface area contributed by atoms with E-state index in [0.717, 1.165) is 42.9 Å². The minimum Gasteiger partial charge on any atom is -0.493 e. The number of ether oxygens (including phenoxy) is 3. The number of nitrogens with one attached hydrogen (secondary N) is 2. The van der Waals surface area contributed by atoms with Crippen LogP contribution in [0.3, 0.4) is 0 Å². The number of hydrogen-bond donors (Lipinski definition) is 2. The summed E-state index contributed by atoms with van der Waals surface area (Å²) >= 11 is 1.42. The Morgan fingerprint density at radius 2 is 2.09 bits per heavy atom. The zero-order valence-corrected chi connectivity index (χ0v) is 20.6. The first-order valence-corrected chi connectivity index (χ1v) is 12.9. The maximum absolute atomic E-state index is 12.7. The van der Waals surface area contributed by atoms with Crippen LogP contribution < -0.4 is 20.1 Å². The van der Waals surface area contributed by atoms with Gasteiger partial charge in [0.15, 0.2) is 11.5 Å². The summed E-state index contributed by atoms with van der Waals surface area (Å²) in [5, 5.41) is 16.0. The molecule has 0 aliphatic carbocycles. The Morgan fingerprint density at radius 1 is 1.23 bits per heavy atom. The summed E-state index contributed by atoms with van der Waals surface area (Å²) in [5.74, 6) is 1.38. The third-order valence-corrected chi connectivity index (χ3v) is 7.77. The molecule has 3 fully saturated rings. The molecule has 2 unspecified atom stereocenters. The highest BCUT2D eigenvalue weighted by Crippen LogP contribution is 2.36. The summed E-state index contributed by atoms with van der Waals surface area (Å²) in [6.45, 7) is 3.67. The molecule has 2 atom stereocenters. The largest absolute Gasteiger partial charge is 0.493 e. The molecule has 0 bridgehead atoms. The minimum absolute atomic E-state index is 0.000186. The second-order valence-electron chi connectivity index (χ2n) is 9.21. The summed E-state index contributed by atoms with van der Waals surface area (Å²) in [6, 6.07) is 5.78. The number of rotatable bonds is 8. The second kappa shape index (κ2) is 10.9. The smallest absolute Gasteiger partial charge is 0.245 e. The minimum atomic E-state index is -0.257. The molecule has 2 amide bonds. The van der Waals surface area contributed by atoms with Gasteiger partial charge in [0.1, 0.15) is 11.1 Å². The molecule has 1 aromatic carbocycles. The highest BCUT2D eigenvalue weighted by atomic mass is 32.1. The summed E-state index contributed by atoms with van der Waals surface area (Å²) in [5.41, 5.74) is 0.992. The molecular weight excluding hydrogens is 470 g/mol. The van der Waals surface area contributed by atoms with E-state index in [9.17, 15) is 9.59 Å². The molecule has 188 valence electrons. The fourth-order valence-corrected chi connectivity index (χ4v) is 5.75. The van der Waals surface area contributed by atoms with E-state index in [0.29, 0.717) is 48.7 Å². The van der Waals surface area contributed by atoms with Gasteiger partial charge in [0, 0.05) is 31.2 Å². The van der Waals surface area contributed by atoms with E-state index >= 15 is 0 Å². The third kappa shape index (κ3) is 5.74. The van der Waals surface area contributed by atoms with Crippen LogP contribution in [0.2, 0.25) is 0 Å². The zero-order valence-electron chi connectivity index (χ0n) is 19.8. The predicted molar refractivity (Wildman–Crippen MR) is 130 cm³/mol. The van der Waals surface area contributed by atoms with Gasteiger partial charge in [-0.05, 0) is 43.6 Å². The van der Waals surface area contributed by atoms with Crippen molar-refractivity contribution in [3.63, 3.8) is 0 Å². The lowest BCUT2D eigenvalue weighted by atomic mass is 9.98. The molecule has 0 radical (unpaired) electrons. The van der Waals surface area contributed by atoms with Crippen LogP contribution in [0, 0.1) is 0 Å². The molecule has 0 saturated carbocycles. The van der Waals surface area contributed by atoms with Crippen LogP contribution in [0.4, 0.5) is 5.13 Å². The van der Waals surface area contributed by atoms with Crippen molar-refractivity contribution in [1.82, 2.24) is 20.4 Å². The molecule has 2 N–H and O–H groups in total. The maximum Gasteiger partial charge on any atom is 0.245 e. The van der Waals surface area contributed by atoms with Gasteiger partial charge in [-0.25, -0.2) is 0 Å². The van der Waals surface area contributed by atoms with Crippen molar-refractivity contribution in [2.75, 3.05) is 51.8 Å². The number of carbonyl (C=O) groups excluding carboxylic acids is 2. The molecule has 3 aliphatic rings. The number of likely N-dealkylation sites (tertiary alicyclic amines) is 1. The van der Waals surface area contributed by atoms with E-state index in [4.69, 9.17) is 14.2 Å². The van der Waals surface area contributed by atoms with Crippen LogP contribution in [-0.2, 0) is 14.3 Å². The molecule has 3 saturated heterocycles. The van der Waals surface area contributed by atoms with Crippen LogP contribution in [0.1, 0.15) is 48.1 Å². The van der Waals surface area contributed by atoms with E-state index in [1.807, 2.05) is 18.2 Å². The van der Waals surface area contributed by atoms with Crippen LogP contribution >= 0.6 is 11.3 Å². The first-order valence-electron chi connectivity index (χ1n) is 12.1. The number of anilines is 1. The Hall–Kier alpha value is -2.76. The molecule has 5 rings (SSSR count). The number of carbonyl (C=O) groups is 2. The Balaban J connectivity index is 1.18. The fraction of sp³-hybridized carbons (Fsp3) is 0.583. The van der Waals surface area contributed by atoms with Gasteiger partial charge in [0.05, 0.1) is 26.9 Å². The highest BCUT2D eigenvalue weighted by Gasteiger charge is 2.33. The molecule has 35 heavy (non-hydrogen) atoms. The van der Waals surface area contributed by atoms with Crippen molar-refractivity contribution >= 4 is 28.3 Å². The van der Waals surface area contributed by atoms with Gasteiger partial charge in [-0.1, -0.05) is 17.4 Å². The van der Waals surface area contributed by atoms with E-state index < -0.39 is 0 Å². The van der Waals surface area contributed by atoms with Crippen LogP contribution in [0.25, 0.3) is 0 Å². The van der Waals surface area contributed by atoms with Crippen molar-refractivity contribution in [1.29, 1.82) is 0 Å². The summed E-state index contributed by atoms with van der Waals surface area (Å²) in [6.07, 6.45) is 3.24. The number of hydrogen-bond acceptors (Lipinski definition) is 9. The molecular formula is C24H31N5O5S. The van der Waals surface area contributed by atoms with E-state index in [1.165, 1.54) is 11.3 Å². The lowest BCUT2D eigenvalue weighted by molar-refractivity contribution is -0.131. The molecule has 2 aromatic rings. The van der Waals surface area contributed by atoms with Crippen LogP contribution in [0.15, 0.2) is 18.2 Å². The van der Waals surface area contributed by atoms with Crippen molar-refractivity contribution in [3.05, 3.63) is 28.8 Å². The summed E-state index contributed by atoms with van der Waals surface area (Å²) in [4.78, 5) is 26.9. The molecule has 4 heterocycles. The molecule has 1 aromatic heterocycles. The number of methoxy groups -OCH3 is 1. The first-order chi connectivity index (χ1) is 17.1. The van der Waals surface area contributed by atoms with Gasteiger partial charge in [-0.15, -0.1) is 10.2 Å². The normalized spacial score (nSPS) is 23.0. The Morgan fingerprint density at radius 3 is 2.86 bits per heavy atom. The van der Waals surface area contributed by atoms with E-state index in [1.54, 1.807) is 12.0 Å². The van der Waals surface area contributed by atoms with Crippen molar-refractivity contribution in [2.45, 2.75) is 43.6 Å². The van der Waals surface area contributed by atoms with Gasteiger partial charge >= 0.3 is 0 Å². The fourth-order valence-electron chi connectivity index (χ4n) is 4.82. The Labute approximate surface area is 208 Å². The van der Waals surface area contributed by atoms with Gasteiger partial charge in [0.2, 0.25) is 16.9 Å². The van der Waals surface area contributed by atoms with Gasteiger partial charge in [-0.3, -0.25) is 14.9 Å². The summed E-state index contributed by atoms with van der Waals surface area (Å²) < 4.78 is 17.0. The van der Waals surface area contributed by atoms with Crippen LogP contribution in [-0.4, -0.2) is 79.5 Å². The molecule has 3 aliphatic heterocycles. The lowest BCUT2D eigenvalue weighted by Gasteiger charge is -2.19. The topological polar surface area (TPSA) is 115 Å². The van der Waals surface area contributed by atoms with Crippen molar-refractivity contribution in [2.24, 2.45) is 0 Å². The zero-order chi connectivity index (χ0) is 24.2. The van der Waals surface area contributed by atoms with Gasteiger partial charge in [0.25, 0.3) is 0 Å². The number of benzene rings is 1. The quantitative estimate of drug-likeness (QED) is 0.566. The standard InChI is InChI=1S/C24H31N5O5S/c1-32-19-3-2-16(10-20(19)34-18-6-9-33-14-18)17-11-22(31)29(12-17)13-21(30)26-24-28-27-23(35-24)15-4-7-25-8-5-15/h2-3,10,15,17-18,25H,4-9,11-14H2,1H3,(H,26,28,30). The number of nitrogens with zero attached hydrogens (tertiary/aromatic N) is 3. The number of aromatic nitrogens is 2. The second-order valence-corrected chi connectivity index (χ2v) is 10.2. The maximum atomic E-state index is 12.7.